The summed E-state index contributed by atoms with van der Waals surface area (Å²) in [5, 5.41) is 9.10. The van der Waals surface area contributed by atoms with E-state index in [-0.39, 0.29) is 16.3 Å². The van der Waals surface area contributed by atoms with Gasteiger partial charge in [0.15, 0.2) is 0 Å². The Morgan fingerprint density at radius 2 is 1.89 bits per heavy atom. The van der Waals surface area contributed by atoms with E-state index in [0.717, 1.165) is 6.07 Å². The first kappa shape index (κ1) is 19.6. The lowest BCUT2D eigenvalue weighted by atomic mass is 10.1. The Bertz CT molecular complexity index is 1080. The molecule has 7 heteroatoms. The molecule has 0 amide bonds. The number of allylic oxidation sites excluding steroid dienone is 1. The number of methoxy groups -OCH3 is 1. The van der Waals surface area contributed by atoms with Crippen LogP contribution in [-0.4, -0.2) is 7.11 Å². The molecule has 1 heterocycles. The summed E-state index contributed by atoms with van der Waals surface area (Å²) in [6.45, 7) is 0. The molecule has 0 aliphatic heterocycles. The van der Waals surface area contributed by atoms with Crippen LogP contribution < -0.4 is 4.74 Å². The highest BCUT2D eigenvalue weighted by Gasteiger charge is 2.33. The van der Waals surface area contributed by atoms with Gasteiger partial charge in [-0.3, -0.25) is 0 Å². The molecule has 0 N–H and O–H groups in total. The van der Waals surface area contributed by atoms with Crippen LogP contribution in [0.1, 0.15) is 16.9 Å². The lowest BCUT2D eigenvalue weighted by Gasteiger charge is -2.09. The maximum Gasteiger partial charge on any atom is 0.417 e. The summed E-state index contributed by atoms with van der Waals surface area (Å²) in [5.41, 5.74) is 0.167. The second-order valence-corrected chi connectivity index (χ2v) is 6.17. The Kier molecular flexibility index (Phi) is 5.48. The van der Waals surface area contributed by atoms with E-state index in [1.807, 2.05) is 0 Å². The van der Waals surface area contributed by atoms with Crippen LogP contribution in [0.15, 0.2) is 59.0 Å². The van der Waals surface area contributed by atoms with Crippen molar-refractivity contribution in [3.05, 3.63) is 76.5 Å². The summed E-state index contributed by atoms with van der Waals surface area (Å²) in [4.78, 5) is 0. The first-order valence-corrected chi connectivity index (χ1v) is 8.43. The molecule has 0 aliphatic carbocycles. The van der Waals surface area contributed by atoms with Crippen LogP contribution in [0.25, 0.3) is 23.0 Å². The highest BCUT2D eigenvalue weighted by Crippen LogP contribution is 2.37. The molecule has 3 rings (SSSR count). The molecule has 0 fully saturated rings. The van der Waals surface area contributed by atoms with Gasteiger partial charge in [0.05, 0.1) is 23.3 Å². The topological polar surface area (TPSA) is 46.2 Å². The zero-order valence-corrected chi connectivity index (χ0v) is 15.3. The Hall–Kier alpha value is -3.17. The van der Waals surface area contributed by atoms with Crippen molar-refractivity contribution >= 4 is 23.3 Å². The minimum absolute atomic E-state index is 0.228. The highest BCUT2D eigenvalue weighted by molar-refractivity contribution is 6.31. The Balaban J connectivity index is 1.99. The molecular formula is C21H13ClF3NO2. The van der Waals surface area contributed by atoms with Gasteiger partial charge in [0, 0.05) is 11.1 Å². The number of nitriles is 1. The average Bonchev–Trinajstić information content (AvgIpc) is 3.14. The van der Waals surface area contributed by atoms with Crippen molar-refractivity contribution < 1.29 is 22.3 Å². The fourth-order valence-electron chi connectivity index (χ4n) is 2.66. The highest BCUT2D eigenvalue weighted by atomic mass is 35.5. The third kappa shape index (κ3) is 4.05. The standard InChI is InChI=1S/C21H13ClF3NO2/c1-27-20-5-3-2-4-16(20)14(12-26)10-15-7-9-19(28-15)13-6-8-18(22)17(11-13)21(23,24)25/h2-11H,1H3. The average molecular weight is 404 g/mol. The Labute approximate surface area is 164 Å². The van der Waals surface area contributed by atoms with Crippen LogP contribution in [0.4, 0.5) is 13.2 Å². The Morgan fingerprint density at radius 1 is 1.14 bits per heavy atom. The quantitative estimate of drug-likeness (QED) is 0.456. The van der Waals surface area contributed by atoms with Crippen molar-refractivity contribution in [1.82, 2.24) is 0 Å². The monoisotopic (exact) mass is 403 g/mol. The first-order chi connectivity index (χ1) is 13.3. The number of furan rings is 1. The molecular weight excluding hydrogens is 391 g/mol. The normalized spacial score (nSPS) is 11.9. The second kappa shape index (κ2) is 7.83. The van der Waals surface area contributed by atoms with E-state index in [1.165, 1.54) is 31.4 Å². The van der Waals surface area contributed by atoms with Crippen molar-refractivity contribution in [3.8, 4) is 23.1 Å². The largest absolute Gasteiger partial charge is 0.496 e. The van der Waals surface area contributed by atoms with Crippen molar-refractivity contribution in [2.75, 3.05) is 7.11 Å². The summed E-state index contributed by atoms with van der Waals surface area (Å²) in [6.07, 6.45) is -3.07. The smallest absolute Gasteiger partial charge is 0.417 e. The predicted molar refractivity (Wildman–Crippen MR) is 101 cm³/mol. The third-order valence-corrected chi connectivity index (χ3v) is 4.32. The molecule has 0 spiro atoms. The summed E-state index contributed by atoms with van der Waals surface area (Å²) in [6, 6.07) is 15.7. The number of alkyl halides is 3. The zero-order valence-electron chi connectivity index (χ0n) is 14.5. The molecule has 3 nitrogen and oxygen atoms in total. The van der Waals surface area contributed by atoms with Gasteiger partial charge in [-0.15, -0.1) is 0 Å². The van der Waals surface area contributed by atoms with Gasteiger partial charge in [0.25, 0.3) is 0 Å². The zero-order chi connectivity index (χ0) is 20.3. The fraction of sp³-hybridized carbons (Fsp3) is 0.0952. The van der Waals surface area contributed by atoms with Crippen LogP contribution in [0.3, 0.4) is 0 Å². The summed E-state index contributed by atoms with van der Waals surface area (Å²) < 4.78 is 50.0. The number of para-hydroxylation sites is 1. The fourth-order valence-corrected chi connectivity index (χ4v) is 2.89. The molecule has 0 saturated heterocycles. The van der Waals surface area contributed by atoms with Gasteiger partial charge >= 0.3 is 6.18 Å². The van der Waals surface area contributed by atoms with Gasteiger partial charge < -0.3 is 9.15 Å². The first-order valence-electron chi connectivity index (χ1n) is 8.05. The minimum Gasteiger partial charge on any atom is -0.496 e. The summed E-state index contributed by atoms with van der Waals surface area (Å²) >= 11 is 5.65. The molecule has 142 valence electrons. The molecule has 0 saturated carbocycles. The van der Waals surface area contributed by atoms with Gasteiger partial charge in [-0.25, -0.2) is 0 Å². The van der Waals surface area contributed by atoms with Crippen LogP contribution in [0.2, 0.25) is 5.02 Å². The molecule has 0 aliphatic rings. The van der Waals surface area contributed by atoms with E-state index < -0.39 is 11.7 Å². The minimum atomic E-state index is -4.57. The number of hydrogen-bond acceptors (Lipinski definition) is 3. The van der Waals surface area contributed by atoms with Crippen molar-refractivity contribution in [3.63, 3.8) is 0 Å². The number of hydrogen-bond donors (Lipinski definition) is 0. The van der Waals surface area contributed by atoms with E-state index in [2.05, 4.69) is 6.07 Å². The van der Waals surface area contributed by atoms with Crippen molar-refractivity contribution in [2.45, 2.75) is 6.18 Å². The third-order valence-electron chi connectivity index (χ3n) is 3.99. The summed E-state index contributed by atoms with van der Waals surface area (Å²) in [5.74, 6) is 1.07. The van der Waals surface area contributed by atoms with Crippen molar-refractivity contribution in [1.29, 1.82) is 5.26 Å². The van der Waals surface area contributed by atoms with Gasteiger partial charge in [-0.1, -0.05) is 23.7 Å². The summed E-state index contributed by atoms with van der Waals surface area (Å²) in [7, 11) is 1.50. The molecule has 0 bridgehead atoms. The number of benzene rings is 2. The molecule has 3 aromatic rings. The van der Waals surface area contributed by atoms with Crippen LogP contribution in [0, 0.1) is 11.3 Å². The van der Waals surface area contributed by atoms with Gasteiger partial charge in [-0.05, 0) is 48.5 Å². The van der Waals surface area contributed by atoms with Gasteiger partial charge in [0.2, 0.25) is 0 Å². The second-order valence-electron chi connectivity index (χ2n) is 5.76. The molecule has 0 atom stereocenters. The van der Waals surface area contributed by atoms with E-state index in [4.69, 9.17) is 20.8 Å². The van der Waals surface area contributed by atoms with E-state index in [0.29, 0.717) is 22.6 Å². The Morgan fingerprint density at radius 3 is 2.57 bits per heavy atom. The van der Waals surface area contributed by atoms with E-state index in [9.17, 15) is 18.4 Å². The van der Waals surface area contributed by atoms with Gasteiger partial charge in [0.1, 0.15) is 23.3 Å². The number of ether oxygens (including phenoxy) is 1. The van der Waals surface area contributed by atoms with Crippen LogP contribution in [-0.2, 0) is 6.18 Å². The number of rotatable bonds is 4. The maximum atomic E-state index is 13.1. The number of nitrogens with zero attached hydrogens (tertiary/aromatic N) is 1. The van der Waals surface area contributed by atoms with Crippen LogP contribution in [0.5, 0.6) is 5.75 Å². The van der Waals surface area contributed by atoms with E-state index >= 15 is 0 Å². The molecule has 2 aromatic carbocycles. The predicted octanol–water partition coefficient (Wildman–Crippen LogP) is 6.69. The van der Waals surface area contributed by atoms with Crippen LogP contribution >= 0.6 is 11.6 Å². The molecule has 1 aromatic heterocycles. The molecule has 0 radical (unpaired) electrons. The molecule has 28 heavy (non-hydrogen) atoms. The van der Waals surface area contributed by atoms with E-state index in [1.54, 1.807) is 30.3 Å². The number of halogens is 4. The van der Waals surface area contributed by atoms with Gasteiger partial charge in [-0.2, -0.15) is 18.4 Å². The SMILES string of the molecule is COc1ccccc1C(C#N)=Cc1ccc(-c2ccc(Cl)c(C(F)(F)F)c2)o1. The lowest BCUT2D eigenvalue weighted by molar-refractivity contribution is -0.137. The maximum absolute atomic E-state index is 13.1. The lowest BCUT2D eigenvalue weighted by Crippen LogP contribution is -2.05. The molecule has 0 unspecified atom stereocenters. The van der Waals surface area contributed by atoms with Crippen molar-refractivity contribution in [2.24, 2.45) is 0 Å².